The SMILES string of the molecule is Nc1ccc(C(=O)N2CCC(c3ccccc3)C2)cc1Br. The van der Waals surface area contributed by atoms with Crippen molar-refractivity contribution in [2.24, 2.45) is 0 Å². The van der Waals surface area contributed by atoms with Crippen molar-refractivity contribution in [1.82, 2.24) is 4.90 Å². The molecule has 0 aromatic heterocycles. The Balaban J connectivity index is 1.74. The molecule has 0 aliphatic carbocycles. The van der Waals surface area contributed by atoms with Gasteiger partial charge in [0.05, 0.1) is 0 Å². The zero-order valence-corrected chi connectivity index (χ0v) is 13.2. The predicted molar refractivity (Wildman–Crippen MR) is 88.3 cm³/mol. The molecule has 0 spiro atoms. The smallest absolute Gasteiger partial charge is 0.253 e. The lowest BCUT2D eigenvalue weighted by molar-refractivity contribution is 0.0791. The maximum Gasteiger partial charge on any atom is 0.253 e. The molecular formula is C17H17BrN2O. The molecule has 4 heteroatoms. The van der Waals surface area contributed by atoms with E-state index in [4.69, 9.17) is 5.73 Å². The second-order valence-electron chi connectivity index (χ2n) is 5.38. The van der Waals surface area contributed by atoms with Crippen LogP contribution < -0.4 is 5.73 Å². The fourth-order valence-electron chi connectivity index (χ4n) is 2.78. The average molecular weight is 345 g/mol. The molecule has 3 nitrogen and oxygen atoms in total. The lowest BCUT2D eigenvalue weighted by atomic mass is 9.99. The van der Waals surface area contributed by atoms with Crippen molar-refractivity contribution in [2.75, 3.05) is 18.8 Å². The number of halogens is 1. The van der Waals surface area contributed by atoms with Crippen molar-refractivity contribution < 1.29 is 4.79 Å². The van der Waals surface area contributed by atoms with E-state index >= 15 is 0 Å². The first-order valence-electron chi connectivity index (χ1n) is 7.04. The van der Waals surface area contributed by atoms with Gasteiger partial charge >= 0.3 is 0 Å². The number of hydrogen-bond acceptors (Lipinski definition) is 2. The molecule has 0 bridgehead atoms. The van der Waals surface area contributed by atoms with Gasteiger partial charge in [0.25, 0.3) is 5.91 Å². The summed E-state index contributed by atoms with van der Waals surface area (Å²) in [4.78, 5) is 14.5. The van der Waals surface area contributed by atoms with Gasteiger partial charge in [-0.25, -0.2) is 0 Å². The Kier molecular flexibility index (Phi) is 3.97. The number of rotatable bonds is 2. The highest BCUT2D eigenvalue weighted by atomic mass is 79.9. The van der Waals surface area contributed by atoms with E-state index in [1.54, 1.807) is 18.2 Å². The molecule has 0 radical (unpaired) electrons. The summed E-state index contributed by atoms with van der Waals surface area (Å²) in [5.41, 5.74) is 8.41. The number of nitrogens with zero attached hydrogens (tertiary/aromatic N) is 1. The Labute approximate surface area is 132 Å². The van der Waals surface area contributed by atoms with Crippen LogP contribution in [-0.2, 0) is 0 Å². The van der Waals surface area contributed by atoms with Gasteiger partial charge in [-0.3, -0.25) is 4.79 Å². The molecule has 1 aliphatic rings. The number of likely N-dealkylation sites (tertiary alicyclic amines) is 1. The third-order valence-corrected chi connectivity index (χ3v) is 4.68. The molecule has 21 heavy (non-hydrogen) atoms. The molecule has 1 saturated heterocycles. The van der Waals surface area contributed by atoms with Gasteiger partial charge < -0.3 is 10.6 Å². The number of nitrogens with two attached hydrogens (primary N) is 1. The number of carbonyl (C=O) groups is 1. The van der Waals surface area contributed by atoms with Crippen LogP contribution in [0.5, 0.6) is 0 Å². The van der Waals surface area contributed by atoms with Crippen LogP contribution in [0, 0.1) is 0 Å². The van der Waals surface area contributed by atoms with Crippen LogP contribution in [0.25, 0.3) is 0 Å². The van der Waals surface area contributed by atoms with Crippen LogP contribution in [0.4, 0.5) is 5.69 Å². The lowest BCUT2D eigenvalue weighted by Gasteiger charge is -2.17. The quantitative estimate of drug-likeness (QED) is 0.845. The van der Waals surface area contributed by atoms with Gasteiger partial charge in [0, 0.05) is 34.7 Å². The highest BCUT2D eigenvalue weighted by Gasteiger charge is 2.27. The second-order valence-corrected chi connectivity index (χ2v) is 6.24. The summed E-state index contributed by atoms with van der Waals surface area (Å²) in [5, 5.41) is 0. The molecule has 2 aromatic carbocycles. The standard InChI is InChI=1S/C17H17BrN2O/c18-15-10-13(6-7-16(15)19)17(21)20-9-8-14(11-20)12-4-2-1-3-5-12/h1-7,10,14H,8-9,11,19H2. The number of benzene rings is 2. The Hall–Kier alpha value is -1.81. The topological polar surface area (TPSA) is 46.3 Å². The molecule has 2 aromatic rings. The van der Waals surface area contributed by atoms with Gasteiger partial charge in [-0.05, 0) is 46.1 Å². The molecule has 1 unspecified atom stereocenters. The van der Waals surface area contributed by atoms with Crippen LogP contribution in [-0.4, -0.2) is 23.9 Å². The first-order chi connectivity index (χ1) is 10.1. The van der Waals surface area contributed by atoms with E-state index in [2.05, 4.69) is 40.2 Å². The largest absolute Gasteiger partial charge is 0.398 e. The number of nitrogen functional groups attached to an aromatic ring is 1. The van der Waals surface area contributed by atoms with Gasteiger partial charge in [0.15, 0.2) is 0 Å². The van der Waals surface area contributed by atoms with E-state index in [0.717, 1.165) is 24.0 Å². The molecule has 1 aliphatic heterocycles. The van der Waals surface area contributed by atoms with Crippen LogP contribution in [0.15, 0.2) is 53.0 Å². The van der Waals surface area contributed by atoms with Gasteiger partial charge in [-0.15, -0.1) is 0 Å². The van der Waals surface area contributed by atoms with Crippen molar-refractivity contribution in [2.45, 2.75) is 12.3 Å². The Morgan fingerprint density at radius 1 is 1.19 bits per heavy atom. The Bertz CT molecular complexity index is 657. The first-order valence-corrected chi connectivity index (χ1v) is 7.83. The molecule has 1 heterocycles. The monoisotopic (exact) mass is 344 g/mol. The third kappa shape index (κ3) is 2.95. The first kappa shape index (κ1) is 14.1. The van der Waals surface area contributed by atoms with Gasteiger partial charge in [-0.2, -0.15) is 0 Å². The maximum absolute atomic E-state index is 12.6. The molecule has 108 valence electrons. The molecule has 1 fully saturated rings. The zero-order chi connectivity index (χ0) is 14.8. The van der Waals surface area contributed by atoms with Crippen LogP contribution in [0.2, 0.25) is 0 Å². The van der Waals surface area contributed by atoms with E-state index in [0.29, 0.717) is 17.2 Å². The summed E-state index contributed by atoms with van der Waals surface area (Å²) < 4.78 is 0.771. The fourth-order valence-corrected chi connectivity index (χ4v) is 3.16. The summed E-state index contributed by atoms with van der Waals surface area (Å²) in [6, 6.07) is 15.8. The summed E-state index contributed by atoms with van der Waals surface area (Å²) >= 11 is 3.38. The van der Waals surface area contributed by atoms with Gasteiger partial charge in [-0.1, -0.05) is 30.3 Å². The molecule has 3 rings (SSSR count). The molecule has 1 atom stereocenters. The van der Waals surface area contributed by atoms with E-state index in [1.807, 2.05) is 11.0 Å². The van der Waals surface area contributed by atoms with Crippen molar-refractivity contribution in [1.29, 1.82) is 0 Å². The lowest BCUT2D eigenvalue weighted by Crippen LogP contribution is -2.28. The maximum atomic E-state index is 12.6. The van der Waals surface area contributed by atoms with Gasteiger partial charge in [0.2, 0.25) is 0 Å². The Morgan fingerprint density at radius 3 is 2.67 bits per heavy atom. The predicted octanol–water partition coefficient (Wildman–Crippen LogP) is 3.66. The number of anilines is 1. The van der Waals surface area contributed by atoms with Gasteiger partial charge in [0.1, 0.15) is 0 Å². The van der Waals surface area contributed by atoms with E-state index in [1.165, 1.54) is 5.56 Å². The summed E-state index contributed by atoms with van der Waals surface area (Å²) in [6.07, 6.45) is 1.02. The van der Waals surface area contributed by atoms with Crippen molar-refractivity contribution in [3.63, 3.8) is 0 Å². The highest BCUT2D eigenvalue weighted by molar-refractivity contribution is 9.10. The number of hydrogen-bond donors (Lipinski definition) is 1. The average Bonchev–Trinajstić information content (AvgIpc) is 3.00. The summed E-state index contributed by atoms with van der Waals surface area (Å²) in [5.74, 6) is 0.515. The van der Waals surface area contributed by atoms with Crippen molar-refractivity contribution in [3.8, 4) is 0 Å². The number of carbonyl (C=O) groups excluding carboxylic acids is 1. The van der Waals surface area contributed by atoms with Crippen molar-refractivity contribution >= 4 is 27.5 Å². The highest BCUT2D eigenvalue weighted by Crippen LogP contribution is 2.29. The normalized spacial score (nSPS) is 18.0. The van der Waals surface area contributed by atoms with Crippen LogP contribution in [0.1, 0.15) is 28.3 Å². The number of amides is 1. The van der Waals surface area contributed by atoms with E-state index < -0.39 is 0 Å². The minimum atomic E-state index is 0.0779. The van der Waals surface area contributed by atoms with Crippen LogP contribution in [0.3, 0.4) is 0 Å². The Morgan fingerprint density at radius 2 is 1.95 bits per heavy atom. The van der Waals surface area contributed by atoms with E-state index in [9.17, 15) is 4.79 Å². The molecule has 0 saturated carbocycles. The minimum Gasteiger partial charge on any atom is -0.398 e. The molecule has 1 amide bonds. The second kappa shape index (κ2) is 5.90. The van der Waals surface area contributed by atoms with Crippen LogP contribution >= 0.6 is 15.9 Å². The minimum absolute atomic E-state index is 0.0779. The fraction of sp³-hybridized carbons (Fsp3) is 0.235. The third-order valence-electron chi connectivity index (χ3n) is 3.99. The zero-order valence-electron chi connectivity index (χ0n) is 11.6. The molecule has 2 N–H and O–H groups in total. The van der Waals surface area contributed by atoms with Crippen molar-refractivity contribution in [3.05, 3.63) is 64.1 Å². The van der Waals surface area contributed by atoms with E-state index in [-0.39, 0.29) is 5.91 Å². The summed E-state index contributed by atoms with van der Waals surface area (Å²) in [6.45, 7) is 1.59. The molecular weight excluding hydrogens is 328 g/mol. The summed E-state index contributed by atoms with van der Waals surface area (Å²) in [7, 11) is 0.